The number of carbonyl (C=O) groups is 1. The molecule has 3 nitrogen and oxygen atoms in total. The molecule has 0 aromatic carbocycles. The van der Waals surface area contributed by atoms with E-state index in [1.165, 1.54) is 0 Å². The first-order valence-corrected chi connectivity index (χ1v) is 4.96. The van der Waals surface area contributed by atoms with Crippen LogP contribution in [0.4, 0.5) is 5.69 Å². The maximum absolute atomic E-state index is 11.1. The van der Waals surface area contributed by atoms with Crippen LogP contribution in [-0.2, 0) is 11.2 Å². The van der Waals surface area contributed by atoms with Crippen LogP contribution >= 0.6 is 0 Å². The molecule has 14 heavy (non-hydrogen) atoms. The number of aryl methyl sites for hydroxylation is 1. The summed E-state index contributed by atoms with van der Waals surface area (Å²) in [6.07, 6.45) is 1.32. The first kappa shape index (κ1) is 9.19. The van der Waals surface area contributed by atoms with Gasteiger partial charge in [0.1, 0.15) is 0 Å². The Morgan fingerprint density at radius 3 is 2.86 bits per heavy atom. The van der Waals surface area contributed by atoms with E-state index in [1.807, 2.05) is 12.1 Å². The molecule has 0 fully saturated rings. The molecule has 1 aliphatic rings. The van der Waals surface area contributed by atoms with Gasteiger partial charge in [0.15, 0.2) is 0 Å². The van der Waals surface area contributed by atoms with Gasteiger partial charge in [-0.2, -0.15) is 0 Å². The average molecular weight is 190 g/mol. The minimum absolute atomic E-state index is 0.0941. The Kier molecular flexibility index (Phi) is 2.23. The van der Waals surface area contributed by atoms with Crippen molar-refractivity contribution in [2.45, 2.75) is 32.6 Å². The van der Waals surface area contributed by atoms with Crippen molar-refractivity contribution in [3.05, 3.63) is 23.5 Å². The van der Waals surface area contributed by atoms with Crippen molar-refractivity contribution in [1.82, 2.24) is 4.98 Å². The number of nitrogens with zero attached hydrogens (tertiary/aromatic N) is 1. The third-order valence-electron chi connectivity index (χ3n) is 2.45. The molecule has 0 atom stereocenters. The normalized spacial score (nSPS) is 15.2. The van der Waals surface area contributed by atoms with Crippen LogP contribution in [-0.4, -0.2) is 10.9 Å². The predicted octanol–water partition coefficient (Wildman–Crippen LogP) is 2.09. The van der Waals surface area contributed by atoms with Crippen LogP contribution in [0, 0.1) is 0 Å². The molecule has 74 valence electrons. The van der Waals surface area contributed by atoms with Crippen molar-refractivity contribution in [3.8, 4) is 0 Å². The van der Waals surface area contributed by atoms with Crippen molar-refractivity contribution in [2.24, 2.45) is 0 Å². The largest absolute Gasteiger partial charge is 0.324 e. The lowest BCUT2D eigenvalue weighted by molar-refractivity contribution is -0.116. The number of aromatic nitrogens is 1. The maximum atomic E-state index is 11.1. The van der Waals surface area contributed by atoms with Crippen LogP contribution in [0.5, 0.6) is 0 Å². The number of amides is 1. The number of rotatable bonds is 1. The third kappa shape index (κ3) is 1.62. The van der Waals surface area contributed by atoms with Gasteiger partial charge in [0, 0.05) is 18.5 Å². The minimum atomic E-state index is 0.0941. The first-order chi connectivity index (χ1) is 6.66. The molecule has 0 radical (unpaired) electrons. The summed E-state index contributed by atoms with van der Waals surface area (Å²) in [4.78, 5) is 15.6. The second-order valence-electron chi connectivity index (χ2n) is 3.93. The lowest BCUT2D eigenvalue weighted by Gasteiger charge is -2.17. The number of hydrogen-bond acceptors (Lipinski definition) is 2. The van der Waals surface area contributed by atoms with Crippen LogP contribution in [0.2, 0.25) is 0 Å². The number of nitrogens with one attached hydrogen (secondary N) is 1. The van der Waals surface area contributed by atoms with E-state index in [4.69, 9.17) is 0 Å². The first-order valence-electron chi connectivity index (χ1n) is 4.96. The van der Waals surface area contributed by atoms with Crippen LogP contribution in [0.25, 0.3) is 0 Å². The van der Waals surface area contributed by atoms with E-state index in [0.29, 0.717) is 12.3 Å². The zero-order valence-electron chi connectivity index (χ0n) is 8.50. The molecule has 0 saturated carbocycles. The monoisotopic (exact) mass is 190 g/mol. The molecular formula is C11H14N2O. The van der Waals surface area contributed by atoms with E-state index in [9.17, 15) is 4.79 Å². The van der Waals surface area contributed by atoms with E-state index >= 15 is 0 Å². The number of hydrogen-bond donors (Lipinski definition) is 1. The van der Waals surface area contributed by atoms with Gasteiger partial charge in [0.25, 0.3) is 0 Å². The highest BCUT2D eigenvalue weighted by atomic mass is 16.1. The van der Waals surface area contributed by atoms with Crippen molar-refractivity contribution in [2.75, 3.05) is 5.32 Å². The molecule has 0 unspecified atom stereocenters. The summed E-state index contributed by atoms with van der Waals surface area (Å²) in [5, 5.41) is 2.82. The zero-order valence-corrected chi connectivity index (χ0v) is 8.50. The number of fused-ring (bicyclic) bond motifs is 1. The Balaban J connectivity index is 2.36. The van der Waals surface area contributed by atoms with Crippen molar-refractivity contribution in [1.29, 1.82) is 0 Å². The molecule has 2 rings (SSSR count). The van der Waals surface area contributed by atoms with Crippen LogP contribution in [0.15, 0.2) is 12.1 Å². The van der Waals surface area contributed by atoms with Gasteiger partial charge in [-0.15, -0.1) is 0 Å². The Morgan fingerprint density at radius 2 is 2.14 bits per heavy atom. The Labute approximate surface area is 83.5 Å². The van der Waals surface area contributed by atoms with Gasteiger partial charge in [0.2, 0.25) is 5.91 Å². The lowest BCUT2D eigenvalue weighted by atomic mass is 10.1. The van der Waals surface area contributed by atoms with E-state index < -0.39 is 0 Å². The third-order valence-corrected chi connectivity index (χ3v) is 2.45. The summed E-state index contributed by atoms with van der Waals surface area (Å²) in [5.41, 5.74) is 3.00. The minimum Gasteiger partial charge on any atom is -0.324 e. The van der Waals surface area contributed by atoms with Gasteiger partial charge < -0.3 is 5.32 Å². The highest BCUT2D eigenvalue weighted by Gasteiger charge is 2.16. The summed E-state index contributed by atoms with van der Waals surface area (Å²) in [7, 11) is 0. The van der Waals surface area contributed by atoms with Gasteiger partial charge in [-0.05, 0) is 18.1 Å². The Morgan fingerprint density at radius 1 is 1.36 bits per heavy atom. The molecule has 0 bridgehead atoms. The molecule has 1 aromatic rings. The Hall–Kier alpha value is -1.38. The highest BCUT2D eigenvalue weighted by molar-refractivity contribution is 5.93. The fourth-order valence-corrected chi connectivity index (χ4v) is 1.59. The predicted molar refractivity (Wildman–Crippen MR) is 55.3 cm³/mol. The zero-order chi connectivity index (χ0) is 10.1. The van der Waals surface area contributed by atoms with E-state index in [-0.39, 0.29) is 5.91 Å². The van der Waals surface area contributed by atoms with Crippen LogP contribution in [0.1, 0.15) is 37.6 Å². The molecule has 0 aliphatic carbocycles. The van der Waals surface area contributed by atoms with Gasteiger partial charge in [-0.3, -0.25) is 9.78 Å². The molecule has 0 saturated heterocycles. The maximum Gasteiger partial charge on any atom is 0.224 e. The summed E-state index contributed by atoms with van der Waals surface area (Å²) < 4.78 is 0. The highest BCUT2D eigenvalue weighted by Crippen LogP contribution is 2.23. The second kappa shape index (κ2) is 3.40. The number of anilines is 1. The van der Waals surface area contributed by atoms with Gasteiger partial charge in [0.05, 0.1) is 11.4 Å². The van der Waals surface area contributed by atoms with Gasteiger partial charge in [-0.1, -0.05) is 13.8 Å². The second-order valence-corrected chi connectivity index (χ2v) is 3.93. The van der Waals surface area contributed by atoms with Crippen molar-refractivity contribution >= 4 is 11.6 Å². The lowest BCUT2D eigenvalue weighted by Crippen LogP contribution is -2.20. The molecular weight excluding hydrogens is 176 g/mol. The van der Waals surface area contributed by atoms with E-state index in [0.717, 1.165) is 23.5 Å². The van der Waals surface area contributed by atoms with Crippen LogP contribution < -0.4 is 5.32 Å². The van der Waals surface area contributed by atoms with E-state index in [2.05, 4.69) is 24.1 Å². The molecule has 1 N–H and O–H groups in total. The van der Waals surface area contributed by atoms with E-state index in [1.54, 1.807) is 0 Å². The van der Waals surface area contributed by atoms with Gasteiger partial charge >= 0.3 is 0 Å². The number of carbonyl (C=O) groups excluding carboxylic acids is 1. The smallest absolute Gasteiger partial charge is 0.224 e. The van der Waals surface area contributed by atoms with Crippen molar-refractivity contribution in [3.63, 3.8) is 0 Å². The summed E-state index contributed by atoms with van der Waals surface area (Å²) in [6, 6.07) is 3.93. The van der Waals surface area contributed by atoms with Gasteiger partial charge in [-0.25, -0.2) is 0 Å². The fourth-order valence-electron chi connectivity index (χ4n) is 1.59. The molecule has 0 spiro atoms. The quantitative estimate of drug-likeness (QED) is 0.736. The summed E-state index contributed by atoms with van der Waals surface area (Å²) in [6.45, 7) is 4.24. The Bertz CT molecular complexity index is 372. The molecule has 2 heterocycles. The standard InChI is InChI=1S/C11H14N2O/c1-7(2)8-3-4-10-9(12-8)5-6-11(14)13-10/h3-4,7H,5-6H2,1-2H3,(H,13,14). The topological polar surface area (TPSA) is 42.0 Å². The van der Waals surface area contributed by atoms with Crippen LogP contribution in [0.3, 0.4) is 0 Å². The molecule has 1 aliphatic heterocycles. The SMILES string of the molecule is CC(C)c1ccc2c(n1)CCC(=O)N2. The number of pyridine rings is 1. The fraction of sp³-hybridized carbons (Fsp3) is 0.455. The summed E-state index contributed by atoms with van der Waals surface area (Å²) in [5.74, 6) is 0.537. The van der Waals surface area contributed by atoms with Crippen molar-refractivity contribution < 1.29 is 4.79 Å². The summed E-state index contributed by atoms with van der Waals surface area (Å²) >= 11 is 0. The molecule has 1 aromatic heterocycles. The molecule has 1 amide bonds. The molecule has 3 heteroatoms. The average Bonchev–Trinajstić information content (AvgIpc) is 2.16.